The van der Waals surface area contributed by atoms with Gasteiger partial charge in [0.2, 0.25) is 0 Å². The molecule has 0 bridgehead atoms. The SMILES string of the molecule is COc1cccc(C2C3CC(=O)C(=O)CC3CC[N+]2(C)O)c1. The van der Waals surface area contributed by atoms with Gasteiger partial charge in [0.15, 0.2) is 11.6 Å². The molecule has 3 rings (SSSR count). The Labute approximate surface area is 130 Å². The molecular formula is C17H22NO4+. The molecular weight excluding hydrogens is 282 g/mol. The van der Waals surface area contributed by atoms with Crippen molar-refractivity contribution in [2.24, 2.45) is 11.8 Å². The molecule has 1 aliphatic heterocycles. The van der Waals surface area contributed by atoms with Gasteiger partial charge in [-0.3, -0.25) is 9.59 Å². The Kier molecular flexibility index (Phi) is 3.78. The molecule has 2 aliphatic rings. The van der Waals surface area contributed by atoms with Crippen LogP contribution in [0, 0.1) is 11.8 Å². The lowest BCUT2D eigenvalue weighted by atomic mass is 9.68. The summed E-state index contributed by atoms with van der Waals surface area (Å²) in [7, 11) is 3.39. The van der Waals surface area contributed by atoms with Crippen molar-refractivity contribution >= 4 is 11.6 Å². The number of nitrogens with zero attached hydrogens (tertiary/aromatic N) is 1. The summed E-state index contributed by atoms with van der Waals surface area (Å²) in [5.74, 6) is 0.370. The lowest BCUT2D eigenvalue weighted by Crippen LogP contribution is -2.55. The van der Waals surface area contributed by atoms with Gasteiger partial charge >= 0.3 is 0 Å². The van der Waals surface area contributed by atoms with Crippen molar-refractivity contribution in [2.75, 3.05) is 20.7 Å². The number of Topliss-reactive ketones (excluding diaryl/α,β-unsaturated/α-hetero) is 2. The first-order chi connectivity index (χ1) is 10.4. The van der Waals surface area contributed by atoms with Gasteiger partial charge in [-0.25, -0.2) is 5.21 Å². The second-order valence-electron chi connectivity index (χ2n) is 6.63. The molecule has 1 N–H and O–H groups in total. The van der Waals surface area contributed by atoms with Gasteiger partial charge in [-0.1, -0.05) is 12.1 Å². The summed E-state index contributed by atoms with van der Waals surface area (Å²) in [6.45, 7) is 0.588. The number of quaternary nitrogens is 1. The number of hydrogen-bond donors (Lipinski definition) is 1. The number of carbonyl (C=O) groups is 2. The van der Waals surface area contributed by atoms with Gasteiger partial charge in [0.05, 0.1) is 14.2 Å². The van der Waals surface area contributed by atoms with Crippen LogP contribution in [0.25, 0.3) is 0 Å². The molecule has 0 spiro atoms. The minimum atomic E-state index is -0.295. The number of carbonyl (C=O) groups excluding carboxylic acids is 2. The minimum absolute atomic E-state index is 0.000978. The predicted molar refractivity (Wildman–Crippen MR) is 79.4 cm³/mol. The highest BCUT2D eigenvalue weighted by atomic mass is 16.5. The highest BCUT2D eigenvalue weighted by Gasteiger charge is 2.51. The maximum Gasteiger partial charge on any atom is 0.198 e. The Bertz CT molecular complexity index is 610. The van der Waals surface area contributed by atoms with Gasteiger partial charge in [-0.05, 0) is 18.1 Å². The second-order valence-corrected chi connectivity index (χ2v) is 6.63. The van der Waals surface area contributed by atoms with Crippen LogP contribution in [0.4, 0.5) is 0 Å². The molecule has 118 valence electrons. The average Bonchev–Trinajstić information content (AvgIpc) is 2.48. The number of piperidine rings is 1. The highest BCUT2D eigenvalue weighted by Crippen LogP contribution is 2.47. The van der Waals surface area contributed by atoms with Crippen LogP contribution >= 0.6 is 0 Å². The molecule has 1 aromatic rings. The first-order valence-corrected chi connectivity index (χ1v) is 7.70. The van der Waals surface area contributed by atoms with Crippen molar-refractivity contribution < 1.29 is 24.2 Å². The standard InChI is InChI=1S/C17H22NO4/c1-18(21)7-6-11-9-15(19)16(20)10-14(11)17(18)12-4-3-5-13(8-12)22-2/h3-5,8,11,14,17,21H,6-7,9-10H2,1-2H3/q+1. The zero-order chi connectivity index (χ0) is 15.9. The number of benzene rings is 1. The summed E-state index contributed by atoms with van der Waals surface area (Å²) in [6, 6.07) is 7.43. The molecule has 5 nitrogen and oxygen atoms in total. The predicted octanol–water partition coefficient (Wildman–Crippen LogP) is 2.14. The molecule has 22 heavy (non-hydrogen) atoms. The molecule has 0 amide bonds. The fourth-order valence-electron chi connectivity index (χ4n) is 4.06. The number of fused-ring (bicyclic) bond motifs is 1. The second kappa shape index (κ2) is 5.48. The van der Waals surface area contributed by atoms with Crippen molar-refractivity contribution in [3.05, 3.63) is 29.8 Å². The monoisotopic (exact) mass is 304 g/mol. The van der Waals surface area contributed by atoms with Crippen LogP contribution in [-0.4, -0.2) is 42.1 Å². The summed E-state index contributed by atoms with van der Waals surface area (Å²) in [5, 5.41) is 10.8. The number of hydrogen-bond acceptors (Lipinski definition) is 4. The third kappa shape index (κ3) is 2.55. The van der Waals surface area contributed by atoms with Crippen LogP contribution in [0.5, 0.6) is 5.75 Å². The Morgan fingerprint density at radius 3 is 2.68 bits per heavy atom. The average molecular weight is 304 g/mol. The van der Waals surface area contributed by atoms with Crippen LogP contribution in [-0.2, 0) is 9.59 Å². The smallest absolute Gasteiger partial charge is 0.198 e. The fraction of sp³-hybridized carbons (Fsp3) is 0.529. The zero-order valence-electron chi connectivity index (χ0n) is 13.0. The van der Waals surface area contributed by atoms with Gasteiger partial charge < -0.3 is 4.74 Å². The molecule has 2 fully saturated rings. The summed E-state index contributed by atoms with van der Waals surface area (Å²) >= 11 is 0. The lowest BCUT2D eigenvalue weighted by Gasteiger charge is -2.47. The Morgan fingerprint density at radius 2 is 1.95 bits per heavy atom. The number of likely N-dealkylation sites (tertiary alicyclic amines) is 1. The van der Waals surface area contributed by atoms with Crippen LogP contribution in [0.15, 0.2) is 24.3 Å². The van der Waals surface area contributed by atoms with E-state index < -0.39 is 0 Å². The molecule has 1 aromatic carbocycles. The van der Waals surface area contributed by atoms with E-state index in [4.69, 9.17) is 4.74 Å². The van der Waals surface area contributed by atoms with E-state index in [0.717, 1.165) is 17.7 Å². The van der Waals surface area contributed by atoms with Gasteiger partial charge in [-0.15, -0.1) is 0 Å². The van der Waals surface area contributed by atoms with Crippen LogP contribution in [0.2, 0.25) is 0 Å². The maximum absolute atomic E-state index is 11.9. The molecule has 4 unspecified atom stereocenters. The topological polar surface area (TPSA) is 63.6 Å². The Morgan fingerprint density at radius 1 is 1.23 bits per heavy atom. The fourth-order valence-corrected chi connectivity index (χ4v) is 4.06. The van der Waals surface area contributed by atoms with Gasteiger partial charge in [-0.2, -0.15) is 4.65 Å². The highest BCUT2D eigenvalue weighted by molar-refractivity contribution is 6.37. The first-order valence-electron chi connectivity index (χ1n) is 7.70. The largest absolute Gasteiger partial charge is 0.497 e. The number of ether oxygens (including phenoxy) is 1. The van der Waals surface area contributed by atoms with Crippen molar-refractivity contribution in [3.63, 3.8) is 0 Å². The van der Waals surface area contributed by atoms with E-state index in [1.165, 1.54) is 0 Å². The molecule has 1 heterocycles. The number of ketones is 2. The Hall–Kier alpha value is -1.72. The summed E-state index contributed by atoms with van der Waals surface area (Å²) in [4.78, 5) is 23.6. The van der Waals surface area contributed by atoms with Gasteiger partial charge in [0.1, 0.15) is 18.3 Å². The van der Waals surface area contributed by atoms with Crippen molar-refractivity contribution in [1.29, 1.82) is 0 Å². The molecule has 1 saturated carbocycles. The van der Waals surface area contributed by atoms with E-state index in [-0.39, 0.29) is 40.5 Å². The number of rotatable bonds is 2. The molecule has 0 radical (unpaired) electrons. The minimum Gasteiger partial charge on any atom is -0.497 e. The maximum atomic E-state index is 11.9. The summed E-state index contributed by atoms with van der Waals surface area (Å²) in [5.41, 5.74) is 0.959. The lowest BCUT2D eigenvalue weighted by molar-refractivity contribution is -1.12. The zero-order valence-corrected chi connectivity index (χ0v) is 13.0. The van der Waals surface area contributed by atoms with E-state index in [1.807, 2.05) is 24.3 Å². The molecule has 1 aliphatic carbocycles. The third-order valence-corrected chi connectivity index (χ3v) is 5.18. The van der Waals surface area contributed by atoms with Crippen LogP contribution in [0.3, 0.4) is 0 Å². The van der Waals surface area contributed by atoms with Crippen molar-refractivity contribution in [3.8, 4) is 5.75 Å². The van der Waals surface area contributed by atoms with E-state index in [2.05, 4.69) is 0 Å². The third-order valence-electron chi connectivity index (χ3n) is 5.18. The number of hydroxylamine groups is 3. The van der Waals surface area contributed by atoms with E-state index in [9.17, 15) is 14.8 Å². The van der Waals surface area contributed by atoms with Crippen molar-refractivity contribution in [2.45, 2.75) is 25.3 Å². The molecule has 0 aromatic heterocycles. The Balaban J connectivity index is 2.00. The molecule has 1 saturated heterocycles. The van der Waals surface area contributed by atoms with Crippen LogP contribution in [0.1, 0.15) is 30.9 Å². The first kappa shape index (κ1) is 15.2. The van der Waals surface area contributed by atoms with Gasteiger partial charge in [0.25, 0.3) is 0 Å². The van der Waals surface area contributed by atoms with Gasteiger partial charge in [0, 0.05) is 30.7 Å². The molecule has 5 heteroatoms. The normalized spacial score (nSPS) is 35.1. The van der Waals surface area contributed by atoms with Crippen LogP contribution < -0.4 is 4.74 Å². The molecule has 4 atom stereocenters. The quantitative estimate of drug-likeness (QED) is 0.671. The summed E-state index contributed by atoms with van der Waals surface area (Å²) < 4.78 is 5.14. The summed E-state index contributed by atoms with van der Waals surface area (Å²) in [6.07, 6.45) is 1.33. The van der Waals surface area contributed by atoms with Crippen molar-refractivity contribution in [1.82, 2.24) is 0 Å². The number of methoxy groups -OCH3 is 1. The van der Waals surface area contributed by atoms with E-state index in [0.29, 0.717) is 13.0 Å². The van der Waals surface area contributed by atoms with E-state index >= 15 is 0 Å². The van der Waals surface area contributed by atoms with E-state index in [1.54, 1.807) is 14.2 Å².